The molecule has 0 aliphatic rings. The first-order chi connectivity index (χ1) is 9.72. The molecule has 0 fully saturated rings. The summed E-state index contributed by atoms with van der Waals surface area (Å²) in [5.74, 6) is 0.869. The Labute approximate surface area is 120 Å². The minimum Gasteiger partial charge on any atom is -0.494 e. The molecule has 0 aliphatic heterocycles. The van der Waals surface area contributed by atoms with Crippen LogP contribution >= 0.6 is 0 Å². The van der Waals surface area contributed by atoms with Crippen molar-refractivity contribution in [2.24, 2.45) is 0 Å². The van der Waals surface area contributed by atoms with Crippen molar-refractivity contribution in [3.63, 3.8) is 0 Å². The lowest BCUT2D eigenvalue weighted by Gasteiger charge is -2.17. The predicted molar refractivity (Wildman–Crippen MR) is 82.0 cm³/mol. The smallest absolute Gasteiger partial charge is 0.121 e. The summed E-state index contributed by atoms with van der Waals surface area (Å²) < 4.78 is 5.50. The molecule has 3 heteroatoms. The Morgan fingerprint density at radius 2 is 1.95 bits per heavy atom. The third-order valence-electron chi connectivity index (χ3n) is 3.16. The minimum atomic E-state index is 0.0698. The van der Waals surface area contributed by atoms with Gasteiger partial charge in [-0.25, -0.2) is 0 Å². The summed E-state index contributed by atoms with van der Waals surface area (Å²) >= 11 is 0. The van der Waals surface area contributed by atoms with E-state index >= 15 is 0 Å². The van der Waals surface area contributed by atoms with Gasteiger partial charge in [0.15, 0.2) is 0 Å². The molecule has 0 saturated heterocycles. The fourth-order valence-corrected chi connectivity index (χ4v) is 2.14. The molecule has 3 nitrogen and oxygen atoms in total. The van der Waals surface area contributed by atoms with E-state index in [0.29, 0.717) is 6.61 Å². The van der Waals surface area contributed by atoms with Crippen molar-refractivity contribution in [2.45, 2.75) is 26.5 Å². The zero-order chi connectivity index (χ0) is 14.4. The van der Waals surface area contributed by atoms with Gasteiger partial charge in [0, 0.05) is 17.8 Å². The third-order valence-corrected chi connectivity index (χ3v) is 3.16. The van der Waals surface area contributed by atoms with Crippen molar-refractivity contribution in [1.82, 2.24) is 0 Å². The number of anilines is 1. The summed E-state index contributed by atoms with van der Waals surface area (Å²) in [4.78, 5) is 0. The molecule has 20 heavy (non-hydrogen) atoms. The van der Waals surface area contributed by atoms with Crippen molar-refractivity contribution < 1.29 is 9.84 Å². The molecule has 1 unspecified atom stereocenters. The molecule has 0 saturated carbocycles. The van der Waals surface area contributed by atoms with Gasteiger partial charge in [-0.15, -0.1) is 0 Å². The van der Waals surface area contributed by atoms with E-state index in [1.165, 1.54) is 0 Å². The maximum absolute atomic E-state index is 9.19. The molecule has 2 aromatic rings. The number of nitrogens with one attached hydrogen (secondary N) is 1. The lowest BCUT2D eigenvalue weighted by atomic mass is 10.1. The highest BCUT2D eigenvalue weighted by molar-refractivity contribution is 5.50. The molecule has 2 N–H and O–H groups in total. The average Bonchev–Trinajstić information content (AvgIpc) is 2.48. The standard InChI is InChI=1S/C17H21NO2/c1-3-20-17-9-5-8-16(11-17)18-13(2)15-7-4-6-14(10-15)12-19/h4-11,13,18-19H,3,12H2,1-2H3. The fraction of sp³-hybridized carbons (Fsp3) is 0.294. The highest BCUT2D eigenvalue weighted by Gasteiger charge is 2.06. The Bertz CT molecular complexity index is 554. The van der Waals surface area contributed by atoms with E-state index < -0.39 is 0 Å². The van der Waals surface area contributed by atoms with Crippen molar-refractivity contribution >= 4 is 5.69 Å². The zero-order valence-corrected chi connectivity index (χ0v) is 12.0. The van der Waals surface area contributed by atoms with Gasteiger partial charge in [-0.1, -0.05) is 30.3 Å². The van der Waals surface area contributed by atoms with Crippen molar-refractivity contribution in [2.75, 3.05) is 11.9 Å². The summed E-state index contributed by atoms with van der Waals surface area (Å²) in [5, 5.41) is 12.6. The summed E-state index contributed by atoms with van der Waals surface area (Å²) in [7, 11) is 0. The van der Waals surface area contributed by atoms with Crippen LogP contribution in [0.25, 0.3) is 0 Å². The van der Waals surface area contributed by atoms with Crippen molar-refractivity contribution in [3.05, 3.63) is 59.7 Å². The molecule has 0 heterocycles. The number of ether oxygens (including phenoxy) is 1. The number of hydrogen-bond acceptors (Lipinski definition) is 3. The third kappa shape index (κ3) is 3.75. The van der Waals surface area contributed by atoms with Crippen LogP contribution in [-0.2, 0) is 6.61 Å². The van der Waals surface area contributed by atoms with Crippen LogP contribution in [0.1, 0.15) is 31.0 Å². The van der Waals surface area contributed by atoms with E-state index in [-0.39, 0.29) is 12.6 Å². The molecular weight excluding hydrogens is 250 g/mol. The van der Waals surface area contributed by atoms with Gasteiger partial charge in [0.1, 0.15) is 5.75 Å². The van der Waals surface area contributed by atoms with Crippen LogP contribution in [0.2, 0.25) is 0 Å². The van der Waals surface area contributed by atoms with Crippen molar-refractivity contribution in [3.8, 4) is 5.75 Å². The first kappa shape index (κ1) is 14.4. The number of aliphatic hydroxyl groups excluding tert-OH is 1. The lowest BCUT2D eigenvalue weighted by molar-refractivity contribution is 0.281. The Balaban J connectivity index is 2.10. The van der Waals surface area contributed by atoms with Gasteiger partial charge in [-0.2, -0.15) is 0 Å². The van der Waals surface area contributed by atoms with Gasteiger partial charge in [-0.05, 0) is 37.1 Å². The first-order valence-corrected chi connectivity index (χ1v) is 6.92. The normalized spacial score (nSPS) is 11.9. The molecule has 0 aromatic heterocycles. The second kappa shape index (κ2) is 6.96. The summed E-state index contributed by atoms with van der Waals surface area (Å²) in [6, 6.07) is 16.1. The van der Waals surface area contributed by atoms with Crippen LogP contribution in [-0.4, -0.2) is 11.7 Å². The summed E-state index contributed by atoms with van der Waals surface area (Å²) in [6.07, 6.45) is 0. The van der Waals surface area contributed by atoms with Gasteiger partial charge >= 0.3 is 0 Å². The second-order valence-corrected chi connectivity index (χ2v) is 4.73. The molecule has 0 bridgehead atoms. The molecule has 2 aromatic carbocycles. The average molecular weight is 271 g/mol. The van der Waals surface area contributed by atoms with Gasteiger partial charge in [0.25, 0.3) is 0 Å². The molecule has 0 spiro atoms. The Morgan fingerprint density at radius 1 is 1.15 bits per heavy atom. The SMILES string of the molecule is CCOc1cccc(NC(C)c2cccc(CO)c2)c1. The molecule has 0 aliphatic carbocycles. The molecular formula is C17H21NO2. The van der Waals surface area contributed by atoms with Gasteiger partial charge in [0.2, 0.25) is 0 Å². The molecule has 1 atom stereocenters. The summed E-state index contributed by atoms with van der Waals surface area (Å²) in [5.41, 5.74) is 3.11. The molecule has 0 radical (unpaired) electrons. The van der Waals surface area contributed by atoms with Crippen LogP contribution in [0.5, 0.6) is 5.75 Å². The minimum absolute atomic E-state index is 0.0698. The van der Waals surface area contributed by atoms with Crippen molar-refractivity contribution in [1.29, 1.82) is 0 Å². The number of rotatable bonds is 6. The fourth-order valence-electron chi connectivity index (χ4n) is 2.14. The van der Waals surface area contributed by atoms with Gasteiger partial charge < -0.3 is 15.2 Å². The molecule has 0 amide bonds. The number of hydrogen-bond donors (Lipinski definition) is 2. The largest absolute Gasteiger partial charge is 0.494 e. The first-order valence-electron chi connectivity index (χ1n) is 6.92. The maximum Gasteiger partial charge on any atom is 0.121 e. The summed E-state index contributed by atoms with van der Waals surface area (Å²) in [6.45, 7) is 4.81. The van der Waals surface area contributed by atoms with Crippen LogP contribution in [0.4, 0.5) is 5.69 Å². The molecule has 2 rings (SSSR count). The van der Waals surface area contributed by atoms with Crippen LogP contribution < -0.4 is 10.1 Å². The predicted octanol–water partition coefficient (Wildman–Crippen LogP) is 3.75. The lowest BCUT2D eigenvalue weighted by Crippen LogP contribution is -2.07. The number of benzene rings is 2. The Kier molecular flexibility index (Phi) is 5.02. The monoisotopic (exact) mass is 271 g/mol. The topological polar surface area (TPSA) is 41.5 Å². The van der Waals surface area contributed by atoms with Gasteiger partial charge in [0.05, 0.1) is 13.2 Å². The van der Waals surface area contributed by atoms with Crippen LogP contribution in [0, 0.1) is 0 Å². The van der Waals surface area contributed by atoms with Crippen LogP contribution in [0.3, 0.4) is 0 Å². The number of aliphatic hydroxyl groups is 1. The second-order valence-electron chi connectivity index (χ2n) is 4.73. The van der Waals surface area contributed by atoms with E-state index in [1.54, 1.807) is 0 Å². The van der Waals surface area contributed by atoms with E-state index in [1.807, 2.05) is 49.4 Å². The zero-order valence-electron chi connectivity index (χ0n) is 12.0. The molecule has 106 valence electrons. The Hall–Kier alpha value is -2.00. The van der Waals surface area contributed by atoms with Gasteiger partial charge in [-0.3, -0.25) is 0 Å². The van der Waals surface area contributed by atoms with E-state index in [0.717, 1.165) is 22.6 Å². The van der Waals surface area contributed by atoms with E-state index in [4.69, 9.17) is 4.74 Å². The quantitative estimate of drug-likeness (QED) is 0.840. The maximum atomic E-state index is 9.19. The highest BCUT2D eigenvalue weighted by atomic mass is 16.5. The van der Waals surface area contributed by atoms with Crippen LogP contribution in [0.15, 0.2) is 48.5 Å². The Morgan fingerprint density at radius 3 is 2.70 bits per heavy atom. The van der Waals surface area contributed by atoms with E-state index in [9.17, 15) is 5.11 Å². The highest BCUT2D eigenvalue weighted by Crippen LogP contribution is 2.23. The van der Waals surface area contributed by atoms with E-state index in [2.05, 4.69) is 18.3 Å².